The quantitative estimate of drug-likeness (QED) is 0.829. The number of aliphatic hydroxyl groups is 1. The summed E-state index contributed by atoms with van der Waals surface area (Å²) in [6.45, 7) is 7.04. The highest BCUT2D eigenvalue weighted by molar-refractivity contribution is 7.89. The van der Waals surface area contributed by atoms with Crippen LogP contribution in [-0.4, -0.2) is 55.5 Å². The molecule has 1 unspecified atom stereocenters. The Bertz CT molecular complexity index is 554. The van der Waals surface area contributed by atoms with Gasteiger partial charge in [-0.3, -0.25) is 4.90 Å². The molecule has 0 saturated heterocycles. The fourth-order valence-corrected chi connectivity index (χ4v) is 3.02. The second-order valence-corrected chi connectivity index (χ2v) is 7.96. The Morgan fingerprint density at radius 3 is 2.29 bits per heavy atom. The predicted octanol–water partition coefficient (Wildman–Crippen LogP) is 1.53. The van der Waals surface area contributed by atoms with Crippen molar-refractivity contribution in [2.75, 3.05) is 20.6 Å². The first-order valence-electron chi connectivity index (χ1n) is 7.08. The third-order valence-electron chi connectivity index (χ3n) is 3.29. The zero-order valence-electron chi connectivity index (χ0n) is 13.4. The number of hydrogen-bond donors (Lipinski definition) is 1. The maximum Gasteiger partial charge on any atom is 0.242 e. The van der Waals surface area contributed by atoms with E-state index in [2.05, 4.69) is 18.7 Å². The maximum absolute atomic E-state index is 12.2. The number of nitrogens with zero attached hydrogens (tertiary/aromatic N) is 2. The van der Waals surface area contributed by atoms with Crippen molar-refractivity contribution in [3.63, 3.8) is 0 Å². The summed E-state index contributed by atoms with van der Waals surface area (Å²) in [6, 6.07) is 7.24. The van der Waals surface area contributed by atoms with Crippen LogP contribution in [-0.2, 0) is 16.6 Å². The van der Waals surface area contributed by atoms with Crippen LogP contribution in [0, 0.1) is 0 Å². The molecule has 0 aliphatic carbocycles. The fourth-order valence-electron chi connectivity index (χ4n) is 2.05. The molecule has 1 aromatic carbocycles. The largest absolute Gasteiger partial charge is 0.392 e. The molecular weight excluding hydrogens is 288 g/mol. The predicted molar refractivity (Wildman–Crippen MR) is 84.5 cm³/mol. The Labute approximate surface area is 128 Å². The summed E-state index contributed by atoms with van der Waals surface area (Å²) in [5, 5.41) is 9.56. The molecule has 0 aliphatic heterocycles. The molecule has 120 valence electrons. The van der Waals surface area contributed by atoms with Crippen molar-refractivity contribution in [1.29, 1.82) is 0 Å². The van der Waals surface area contributed by atoms with Crippen LogP contribution in [0.3, 0.4) is 0 Å². The van der Waals surface area contributed by atoms with Crippen LogP contribution in [0.15, 0.2) is 29.2 Å². The SMILES string of the molecule is CC(O)CN(Cc1cccc(S(=O)(=O)N(C)C)c1)C(C)C. The average molecular weight is 314 g/mol. The maximum atomic E-state index is 12.2. The first kappa shape index (κ1) is 18.1. The summed E-state index contributed by atoms with van der Waals surface area (Å²) < 4.78 is 25.5. The molecule has 0 saturated carbocycles. The Morgan fingerprint density at radius 2 is 1.81 bits per heavy atom. The molecule has 1 atom stereocenters. The molecular formula is C15H26N2O3S. The minimum atomic E-state index is -3.41. The van der Waals surface area contributed by atoms with E-state index in [4.69, 9.17) is 0 Å². The van der Waals surface area contributed by atoms with Crippen LogP contribution in [0.1, 0.15) is 26.3 Å². The van der Waals surface area contributed by atoms with E-state index in [1.54, 1.807) is 25.1 Å². The molecule has 0 fully saturated rings. The number of benzene rings is 1. The van der Waals surface area contributed by atoms with E-state index in [0.29, 0.717) is 18.0 Å². The van der Waals surface area contributed by atoms with Gasteiger partial charge in [-0.25, -0.2) is 12.7 Å². The molecule has 6 heteroatoms. The Balaban J connectivity index is 3.00. The summed E-state index contributed by atoms with van der Waals surface area (Å²) in [5.74, 6) is 0. The molecule has 0 amide bonds. The highest BCUT2D eigenvalue weighted by atomic mass is 32.2. The number of sulfonamides is 1. The summed E-state index contributed by atoms with van der Waals surface area (Å²) in [7, 11) is -0.366. The number of aliphatic hydroxyl groups excluding tert-OH is 1. The van der Waals surface area contributed by atoms with E-state index in [9.17, 15) is 13.5 Å². The lowest BCUT2D eigenvalue weighted by Crippen LogP contribution is -2.36. The standard InChI is InChI=1S/C15H26N2O3S/c1-12(2)17(10-13(3)18)11-14-7-6-8-15(9-14)21(19,20)16(4)5/h6-9,12-13,18H,10-11H2,1-5H3. The van der Waals surface area contributed by atoms with Gasteiger partial charge in [0.25, 0.3) is 0 Å². The lowest BCUT2D eigenvalue weighted by Gasteiger charge is -2.28. The zero-order chi connectivity index (χ0) is 16.2. The van der Waals surface area contributed by atoms with Crippen molar-refractivity contribution in [2.24, 2.45) is 0 Å². The number of rotatable bonds is 7. The van der Waals surface area contributed by atoms with E-state index in [0.717, 1.165) is 5.56 Å². The highest BCUT2D eigenvalue weighted by Crippen LogP contribution is 2.17. The van der Waals surface area contributed by atoms with E-state index in [-0.39, 0.29) is 6.04 Å². The van der Waals surface area contributed by atoms with E-state index < -0.39 is 16.1 Å². The van der Waals surface area contributed by atoms with Gasteiger partial charge in [0.1, 0.15) is 0 Å². The van der Waals surface area contributed by atoms with E-state index in [1.165, 1.54) is 18.4 Å². The summed E-state index contributed by atoms with van der Waals surface area (Å²) in [4.78, 5) is 2.41. The average Bonchev–Trinajstić information content (AvgIpc) is 2.37. The monoisotopic (exact) mass is 314 g/mol. The molecule has 0 radical (unpaired) electrons. The van der Waals surface area contributed by atoms with Gasteiger partial charge in [-0.2, -0.15) is 0 Å². The van der Waals surface area contributed by atoms with Gasteiger partial charge in [0.2, 0.25) is 10.0 Å². The van der Waals surface area contributed by atoms with E-state index in [1.807, 2.05) is 6.07 Å². The molecule has 1 aromatic rings. The topological polar surface area (TPSA) is 60.9 Å². The molecule has 21 heavy (non-hydrogen) atoms. The molecule has 0 heterocycles. The third-order valence-corrected chi connectivity index (χ3v) is 5.10. The van der Waals surface area contributed by atoms with Crippen molar-refractivity contribution in [3.8, 4) is 0 Å². The molecule has 5 nitrogen and oxygen atoms in total. The molecule has 0 bridgehead atoms. The Hall–Kier alpha value is -0.950. The molecule has 0 aromatic heterocycles. The fraction of sp³-hybridized carbons (Fsp3) is 0.600. The van der Waals surface area contributed by atoms with Gasteiger partial charge in [0.15, 0.2) is 0 Å². The first-order valence-corrected chi connectivity index (χ1v) is 8.52. The van der Waals surface area contributed by atoms with Crippen molar-refractivity contribution < 1.29 is 13.5 Å². The Kier molecular flexibility index (Phi) is 6.34. The minimum Gasteiger partial charge on any atom is -0.392 e. The van der Waals surface area contributed by atoms with Crippen molar-refractivity contribution >= 4 is 10.0 Å². The van der Waals surface area contributed by atoms with Gasteiger partial charge in [-0.05, 0) is 38.5 Å². The van der Waals surface area contributed by atoms with Crippen molar-refractivity contribution in [3.05, 3.63) is 29.8 Å². The van der Waals surface area contributed by atoms with E-state index >= 15 is 0 Å². The second kappa shape index (κ2) is 7.35. The van der Waals surface area contributed by atoms with Gasteiger partial charge in [0.05, 0.1) is 11.0 Å². The van der Waals surface area contributed by atoms with Gasteiger partial charge >= 0.3 is 0 Å². The van der Waals surface area contributed by atoms with Crippen LogP contribution in [0.5, 0.6) is 0 Å². The normalized spacial score (nSPS) is 14.1. The molecule has 1 N–H and O–H groups in total. The van der Waals surface area contributed by atoms with Crippen LogP contribution < -0.4 is 0 Å². The van der Waals surface area contributed by atoms with Gasteiger partial charge in [-0.15, -0.1) is 0 Å². The summed E-state index contributed by atoms with van der Waals surface area (Å²) >= 11 is 0. The van der Waals surface area contributed by atoms with Gasteiger partial charge < -0.3 is 5.11 Å². The van der Waals surface area contributed by atoms with Crippen LogP contribution in [0.25, 0.3) is 0 Å². The Morgan fingerprint density at radius 1 is 1.19 bits per heavy atom. The van der Waals surface area contributed by atoms with Crippen LogP contribution in [0.2, 0.25) is 0 Å². The lowest BCUT2D eigenvalue weighted by atomic mass is 10.1. The van der Waals surface area contributed by atoms with Gasteiger partial charge in [0, 0.05) is 33.2 Å². The highest BCUT2D eigenvalue weighted by Gasteiger charge is 2.18. The van der Waals surface area contributed by atoms with Crippen molar-refractivity contribution in [1.82, 2.24) is 9.21 Å². The number of hydrogen-bond acceptors (Lipinski definition) is 4. The molecule has 0 aliphatic rings. The minimum absolute atomic E-state index is 0.272. The molecule has 0 spiro atoms. The van der Waals surface area contributed by atoms with Crippen LogP contribution >= 0.6 is 0 Å². The lowest BCUT2D eigenvalue weighted by molar-refractivity contribution is 0.103. The third kappa shape index (κ3) is 5.07. The summed E-state index contributed by atoms with van der Waals surface area (Å²) in [6.07, 6.45) is -0.416. The zero-order valence-corrected chi connectivity index (χ0v) is 14.3. The smallest absolute Gasteiger partial charge is 0.242 e. The first-order chi connectivity index (χ1) is 9.64. The van der Waals surface area contributed by atoms with Gasteiger partial charge in [-0.1, -0.05) is 12.1 Å². The van der Waals surface area contributed by atoms with Crippen LogP contribution in [0.4, 0.5) is 0 Å². The van der Waals surface area contributed by atoms with Crippen molar-refractivity contribution in [2.45, 2.75) is 44.4 Å². The second-order valence-electron chi connectivity index (χ2n) is 5.81. The molecule has 1 rings (SSSR count). The summed E-state index contributed by atoms with van der Waals surface area (Å²) in [5.41, 5.74) is 0.923.